The Kier molecular flexibility index (Phi) is 9.34. The molecule has 3 aromatic heterocycles. The third-order valence-electron chi connectivity index (χ3n) is 11.2. The van der Waals surface area contributed by atoms with Crippen LogP contribution < -0.4 is 0 Å². The molecule has 0 saturated heterocycles. The highest BCUT2D eigenvalue weighted by atomic mass is 32.1. The molecule has 11 rings (SSSR count). The molecular weight excluding hydrogens is 761 g/mol. The summed E-state index contributed by atoms with van der Waals surface area (Å²) in [5, 5.41) is 2.53. The molecular formula is C56H36N4S. The standard InChI is InChI=1S/C56H36N4S/c1-5-14-39(15-6-1)48-35-49(40-16-7-2-8-17-40)58-55(57-48)43-28-24-37(25-29-43)45-32-33-47-53(34-45)61-52-23-13-22-46(54(47)52)38-26-30-44(31-27-38)56-59-50(41-18-9-3-10-19-41)36-51(60-56)42-20-11-4-12-21-42/h1-36H. The molecule has 0 unspecified atom stereocenters. The van der Waals surface area contributed by atoms with Gasteiger partial charge in [-0.25, -0.2) is 19.9 Å². The number of thiophene rings is 1. The third kappa shape index (κ3) is 7.18. The van der Waals surface area contributed by atoms with Gasteiger partial charge in [0.1, 0.15) is 0 Å². The first-order chi connectivity index (χ1) is 30.2. The van der Waals surface area contributed by atoms with E-state index in [-0.39, 0.29) is 0 Å². The van der Waals surface area contributed by atoms with Gasteiger partial charge >= 0.3 is 0 Å². The van der Waals surface area contributed by atoms with E-state index in [1.807, 2.05) is 84.1 Å². The molecule has 0 saturated carbocycles. The zero-order chi connectivity index (χ0) is 40.5. The van der Waals surface area contributed by atoms with E-state index in [1.165, 1.54) is 31.3 Å². The predicted octanol–water partition coefficient (Wildman–Crippen LogP) is 15.0. The maximum absolute atomic E-state index is 5.05. The average Bonchev–Trinajstić information content (AvgIpc) is 3.73. The third-order valence-corrected chi connectivity index (χ3v) is 12.3. The summed E-state index contributed by atoms with van der Waals surface area (Å²) in [7, 11) is 0. The van der Waals surface area contributed by atoms with Crippen molar-refractivity contribution in [2.24, 2.45) is 0 Å². The molecule has 0 amide bonds. The number of rotatable bonds is 8. The Labute approximate surface area is 358 Å². The first kappa shape index (κ1) is 36.2. The van der Waals surface area contributed by atoms with Crippen molar-refractivity contribution in [1.82, 2.24) is 19.9 Å². The van der Waals surface area contributed by atoms with Gasteiger partial charge in [-0.2, -0.15) is 0 Å². The van der Waals surface area contributed by atoms with Gasteiger partial charge in [0.25, 0.3) is 0 Å². The summed E-state index contributed by atoms with van der Waals surface area (Å²) in [6, 6.07) is 76.2. The van der Waals surface area contributed by atoms with Crippen LogP contribution in [0.4, 0.5) is 0 Å². The first-order valence-corrected chi connectivity index (χ1v) is 21.2. The second-order valence-electron chi connectivity index (χ2n) is 15.0. The summed E-state index contributed by atoms with van der Waals surface area (Å²) in [5.74, 6) is 1.41. The maximum Gasteiger partial charge on any atom is 0.160 e. The Bertz CT molecular complexity index is 3200. The quantitative estimate of drug-likeness (QED) is 0.154. The van der Waals surface area contributed by atoms with Gasteiger partial charge < -0.3 is 0 Å². The molecule has 0 atom stereocenters. The lowest BCUT2D eigenvalue weighted by Gasteiger charge is -2.10. The molecule has 0 radical (unpaired) electrons. The van der Waals surface area contributed by atoms with E-state index in [0.29, 0.717) is 11.6 Å². The Balaban J connectivity index is 0.911. The van der Waals surface area contributed by atoms with Crippen LogP contribution in [0.2, 0.25) is 0 Å². The molecule has 4 nitrogen and oxygen atoms in total. The largest absolute Gasteiger partial charge is 0.228 e. The monoisotopic (exact) mass is 796 g/mol. The zero-order valence-corrected chi connectivity index (χ0v) is 33.8. The Morgan fingerprint density at radius 2 is 0.656 bits per heavy atom. The summed E-state index contributed by atoms with van der Waals surface area (Å²) >= 11 is 1.84. The Hall–Kier alpha value is -7.86. The zero-order valence-electron chi connectivity index (χ0n) is 33.0. The molecule has 8 aromatic carbocycles. The predicted molar refractivity (Wildman–Crippen MR) is 254 cm³/mol. The fourth-order valence-electron chi connectivity index (χ4n) is 8.04. The van der Waals surface area contributed by atoms with Crippen LogP contribution in [0.15, 0.2) is 218 Å². The molecule has 0 aliphatic carbocycles. The van der Waals surface area contributed by atoms with Crippen LogP contribution in [0, 0.1) is 0 Å². The fourth-order valence-corrected chi connectivity index (χ4v) is 9.21. The molecule has 0 aliphatic rings. The van der Waals surface area contributed by atoms with E-state index in [9.17, 15) is 0 Å². The molecule has 0 bridgehead atoms. The van der Waals surface area contributed by atoms with Crippen LogP contribution in [0.1, 0.15) is 0 Å². The number of nitrogens with zero attached hydrogens (tertiary/aromatic N) is 4. The highest BCUT2D eigenvalue weighted by Gasteiger charge is 2.16. The highest BCUT2D eigenvalue weighted by molar-refractivity contribution is 7.26. The van der Waals surface area contributed by atoms with Crippen molar-refractivity contribution < 1.29 is 0 Å². The van der Waals surface area contributed by atoms with Crippen LogP contribution in [0.25, 0.3) is 110 Å². The molecule has 286 valence electrons. The molecule has 0 spiro atoms. The molecule has 11 aromatic rings. The average molecular weight is 797 g/mol. The highest BCUT2D eigenvalue weighted by Crippen LogP contribution is 2.42. The van der Waals surface area contributed by atoms with E-state index in [4.69, 9.17) is 19.9 Å². The van der Waals surface area contributed by atoms with Gasteiger partial charge in [-0.3, -0.25) is 0 Å². The second-order valence-corrected chi connectivity index (χ2v) is 16.1. The molecule has 0 aliphatic heterocycles. The number of fused-ring (bicyclic) bond motifs is 3. The smallest absolute Gasteiger partial charge is 0.160 e. The number of aromatic nitrogens is 4. The van der Waals surface area contributed by atoms with Crippen molar-refractivity contribution in [3.63, 3.8) is 0 Å². The first-order valence-electron chi connectivity index (χ1n) is 20.4. The molecule has 0 N–H and O–H groups in total. The summed E-state index contributed by atoms with van der Waals surface area (Å²) < 4.78 is 2.52. The minimum atomic E-state index is 0.705. The Morgan fingerprint density at radius 3 is 1.10 bits per heavy atom. The summed E-state index contributed by atoms with van der Waals surface area (Å²) in [5.41, 5.74) is 14.5. The summed E-state index contributed by atoms with van der Waals surface area (Å²) in [6.07, 6.45) is 0. The molecule has 5 heteroatoms. The van der Waals surface area contributed by atoms with E-state index >= 15 is 0 Å². The Morgan fingerprint density at radius 1 is 0.262 bits per heavy atom. The molecule has 0 fully saturated rings. The van der Waals surface area contributed by atoms with Crippen LogP contribution in [-0.4, -0.2) is 19.9 Å². The van der Waals surface area contributed by atoms with Gasteiger partial charge in [0.15, 0.2) is 11.6 Å². The van der Waals surface area contributed by atoms with E-state index < -0.39 is 0 Å². The van der Waals surface area contributed by atoms with Crippen molar-refractivity contribution in [3.8, 4) is 90.1 Å². The van der Waals surface area contributed by atoms with Gasteiger partial charge in [0.05, 0.1) is 22.8 Å². The molecule has 3 heterocycles. The molecule has 61 heavy (non-hydrogen) atoms. The minimum Gasteiger partial charge on any atom is -0.228 e. The van der Waals surface area contributed by atoms with E-state index in [2.05, 4.69) is 146 Å². The normalized spacial score (nSPS) is 11.3. The topological polar surface area (TPSA) is 51.6 Å². The van der Waals surface area contributed by atoms with Crippen molar-refractivity contribution in [2.75, 3.05) is 0 Å². The van der Waals surface area contributed by atoms with E-state index in [1.54, 1.807) is 0 Å². The lowest BCUT2D eigenvalue weighted by atomic mass is 9.97. The van der Waals surface area contributed by atoms with Crippen LogP contribution in [-0.2, 0) is 0 Å². The van der Waals surface area contributed by atoms with Gasteiger partial charge in [0.2, 0.25) is 0 Å². The van der Waals surface area contributed by atoms with Crippen LogP contribution in [0.3, 0.4) is 0 Å². The van der Waals surface area contributed by atoms with Gasteiger partial charge in [-0.05, 0) is 46.5 Å². The SMILES string of the molecule is c1ccc(-c2cc(-c3ccccc3)nc(-c3ccc(-c4ccc5c(c4)sc4cccc(-c6ccc(-c7nc(-c8ccccc8)cc(-c8ccccc8)n7)cc6)c45)cc3)n2)cc1. The number of benzene rings is 8. The van der Waals surface area contributed by atoms with Crippen molar-refractivity contribution >= 4 is 31.5 Å². The summed E-state index contributed by atoms with van der Waals surface area (Å²) in [6.45, 7) is 0. The van der Waals surface area contributed by atoms with Gasteiger partial charge in [0, 0.05) is 53.6 Å². The van der Waals surface area contributed by atoms with Crippen molar-refractivity contribution in [1.29, 1.82) is 0 Å². The maximum atomic E-state index is 5.05. The van der Waals surface area contributed by atoms with Crippen molar-refractivity contribution in [2.45, 2.75) is 0 Å². The van der Waals surface area contributed by atoms with Crippen LogP contribution in [0.5, 0.6) is 0 Å². The van der Waals surface area contributed by atoms with E-state index in [0.717, 1.165) is 67.3 Å². The minimum absolute atomic E-state index is 0.705. The number of hydrogen-bond donors (Lipinski definition) is 0. The lowest BCUT2D eigenvalue weighted by molar-refractivity contribution is 1.18. The second kappa shape index (κ2) is 15.7. The lowest BCUT2D eigenvalue weighted by Crippen LogP contribution is -1.96. The summed E-state index contributed by atoms with van der Waals surface area (Å²) in [4.78, 5) is 20.2. The van der Waals surface area contributed by atoms with Crippen molar-refractivity contribution in [3.05, 3.63) is 218 Å². The van der Waals surface area contributed by atoms with Gasteiger partial charge in [-0.15, -0.1) is 11.3 Å². The van der Waals surface area contributed by atoms with Crippen LogP contribution >= 0.6 is 11.3 Å². The number of hydrogen-bond acceptors (Lipinski definition) is 5. The fraction of sp³-hybridized carbons (Fsp3) is 0. The van der Waals surface area contributed by atoms with Gasteiger partial charge in [-0.1, -0.05) is 194 Å².